The van der Waals surface area contributed by atoms with Crippen molar-refractivity contribution in [2.45, 2.75) is 6.92 Å². The Morgan fingerprint density at radius 3 is 2.30 bits per heavy atom. The minimum absolute atomic E-state index is 0.0939. The van der Waals surface area contributed by atoms with Crippen molar-refractivity contribution in [1.29, 1.82) is 0 Å². The summed E-state index contributed by atoms with van der Waals surface area (Å²) in [6.07, 6.45) is 1.01. The smallest absolute Gasteiger partial charge is 0.359 e. The Morgan fingerprint density at radius 2 is 1.67 bits per heavy atom. The van der Waals surface area contributed by atoms with E-state index in [1.807, 2.05) is 0 Å². The zero-order chi connectivity index (χ0) is 21.6. The number of fused-ring (bicyclic) bond motifs is 1. The summed E-state index contributed by atoms with van der Waals surface area (Å²) < 4.78 is 76.9. The van der Waals surface area contributed by atoms with E-state index in [0.29, 0.717) is 10.2 Å². The van der Waals surface area contributed by atoms with Crippen LogP contribution in [0.5, 0.6) is 0 Å². The van der Waals surface area contributed by atoms with Gasteiger partial charge >= 0.3 is 5.97 Å². The monoisotopic (exact) mass is 439 g/mol. The summed E-state index contributed by atoms with van der Waals surface area (Å²) in [4.78, 5) is 20.4. The standard InChI is InChI=1S/C19H10F5N3O2S/c1-2-29-18(28)16-17(10-11(20)13(22)15(24)14(23)12(10)21)27(7-25-16)19-26-8-5-3-4-6-9(8)30-19/h3-7H,2H2,1H3. The number of hydrogen-bond acceptors (Lipinski definition) is 5. The summed E-state index contributed by atoms with van der Waals surface area (Å²) in [5.74, 6) is -11.9. The highest BCUT2D eigenvalue weighted by Crippen LogP contribution is 2.36. The quantitative estimate of drug-likeness (QED) is 0.194. The molecule has 4 aromatic rings. The van der Waals surface area contributed by atoms with Crippen molar-refractivity contribution in [1.82, 2.24) is 14.5 Å². The third-order valence-electron chi connectivity index (χ3n) is 4.17. The van der Waals surface area contributed by atoms with Crippen molar-refractivity contribution >= 4 is 27.5 Å². The topological polar surface area (TPSA) is 57.0 Å². The fraction of sp³-hybridized carbons (Fsp3) is 0.105. The van der Waals surface area contributed by atoms with Crippen LogP contribution in [0.25, 0.3) is 26.6 Å². The van der Waals surface area contributed by atoms with Gasteiger partial charge in [-0.1, -0.05) is 23.5 Å². The van der Waals surface area contributed by atoms with Gasteiger partial charge in [-0.05, 0) is 19.1 Å². The molecule has 0 amide bonds. The number of carbonyl (C=O) groups is 1. The molecule has 0 spiro atoms. The first-order valence-corrected chi connectivity index (χ1v) is 9.29. The lowest BCUT2D eigenvalue weighted by molar-refractivity contribution is 0.0521. The molecule has 0 bridgehead atoms. The fourth-order valence-corrected chi connectivity index (χ4v) is 3.80. The lowest BCUT2D eigenvalue weighted by atomic mass is 10.1. The van der Waals surface area contributed by atoms with Gasteiger partial charge < -0.3 is 4.74 Å². The molecule has 0 aliphatic carbocycles. The van der Waals surface area contributed by atoms with Gasteiger partial charge in [0, 0.05) is 0 Å². The highest BCUT2D eigenvalue weighted by Gasteiger charge is 2.33. The third kappa shape index (κ3) is 3.02. The first-order chi connectivity index (χ1) is 14.3. The first-order valence-electron chi connectivity index (χ1n) is 8.47. The van der Waals surface area contributed by atoms with E-state index in [0.717, 1.165) is 22.2 Å². The van der Waals surface area contributed by atoms with Crippen LogP contribution in [-0.4, -0.2) is 27.1 Å². The summed E-state index contributed by atoms with van der Waals surface area (Å²) in [6, 6.07) is 6.87. The van der Waals surface area contributed by atoms with Crippen LogP contribution in [-0.2, 0) is 4.74 Å². The maximum Gasteiger partial charge on any atom is 0.359 e. The Labute approximate surface area is 169 Å². The van der Waals surface area contributed by atoms with Crippen molar-refractivity contribution in [3.8, 4) is 16.4 Å². The van der Waals surface area contributed by atoms with E-state index < -0.39 is 52.0 Å². The number of benzene rings is 2. The zero-order valence-electron chi connectivity index (χ0n) is 15.1. The largest absolute Gasteiger partial charge is 0.461 e. The van der Waals surface area contributed by atoms with Gasteiger partial charge in [-0.15, -0.1) is 0 Å². The molecule has 0 saturated carbocycles. The van der Waals surface area contributed by atoms with Crippen LogP contribution in [0.3, 0.4) is 0 Å². The van der Waals surface area contributed by atoms with Crippen LogP contribution in [0.15, 0.2) is 30.6 Å². The Balaban J connectivity index is 2.05. The Bertz CT molecular complexity index is 1240. The van der Waals surface area contributed by atoms with Crippen LogP contribution in [0.2, 0.25) is 0 Å². The molecule has 2 heterocycles. The average molecular weight is 439 g/mol. The molecule has 0 N–H and O–H groups in total. The lowest BCUT2D eigenvalue weighted by Gasteiger charge is -2.11. The SMILES string of the molecule is CCOC(=O)c1ncn(-c2nc3ccccc3s2)c1-c1c(F)c(F)c(F)c(F)c1F. The summed E-state index contributed by atoms with van der Waals surface area (Å²) in [5, 5.41) is 0.109. The highest BCUT2D eigenvalue weighted by molar-refractivity contribution is 7.20. The number of ether oxygens (including phenoxy) is 1. The van der Waals surface area contributed by atoms with E-state index >= 15 is 0 Å². The molecule has 4 rings (SSSR count). The number of imidazole rings is 1. The number of thiazole rings is 1. The number of esters is 1. The third-order valence-corrected chi connectivity index (χ3v) is 5.21. The molecule has 11 heteroatoms. The van der Waals surface area contributed by atoms with Crippen LogP contribution >= 0.6 is 11.3 Å². The molecular weight excluding hydrogens is 429 g/mol. The Morgan fingerprint density at radius 1 is 1.03 bits per heavy atom. The second-order valence-corrected chi connectivity index (χ2v) is 6.95. The number of para-hydroxylation sites is 1. The van der Waals surface area contributed by atoms with Gasteiger partial charge in [0.2, 0.25) is 5.82 Å². The van der Waals surface area contributed by atoms with Crippen molar-refractivity contribution in [3.63, 3.8) is 0 Å². The van der Waals surface area contributed by atoms with Crippen molar-refractivity contribution < 1.29 is 31.5 Å². The molecular formula is C19H10F5N3O2S. The summed E-state index contributed by atoms with van der Waals surface area (Å²) in [5.41, 5.74) is -2.03. The molecule has 0 radical (unpaired) electrons. The number of aromatic nitrogens is 3. The van der Waals surface area contributed by atoms with Crippen molar-refractivity contribution in [2.75, 3.05) is 6.61 Å². The lowest BCUT2D eigenvalue weighted by Crippen LogP contribution is -2.12. The molecule has 0 fully saturated rings. The molecule has 5 nitrogen and oxygen atoms in total. The zero-order valence-corrected chi connectivity index (χ0v) is 15.9. The van der Waals surface area contributed by atoms with Gasteiger partial charge in [-0.3, -0.25) is 4.57 Å². The summed E-state index contributed by atoms with van der Waals surface area (Å²) in [7, 11) is 0. The van der Waals surface area contributed by atoms with Gasteiger partial charge in [0.15, 0.2) is 34.1 Å². The van der Waals surface area contributed by atoms with Crippen LogP contribution in [0.1, 0.15) is 17.4 Å². The summed E-state index contributed by atoms with van der Waals surface area (Å²) >= 11 is 1.07. The molecule has 2 aromatic heterocycles. The molecule has 2 aromatic carbocycles. The van der Waals surface area contributed by atoms with Gasteiger partial charge in [-0.2, -0.15) is 0 Å². The first kappa shape index (κ1) is 20.0. The Hall–Kier alpha value is -3.34. The average Bonchev–Trinajstić information content (AvgIpc) is 3.35. The molecule has 0 aliphatic heterocycles. The van der Waals surface area contributed by atoms with E-state index in [1.165, 1.54) is 6.92 Å². The van der Waals surface area contributed by atoms with E-state index in [2.05, 4.69) is 9.97 Å². The van der Waals surface area contributed by atoms with Crippen LogP contribution < -0.4 is 0 Å². The van der Waals surface area contributed by atoms with Gasteiger partial charge in [0.1, 0.15) is 6.33 Å². The van der Waals surface area contributed by atoms with Crippen LogP contribution in [0, 0.1) is 29.1 Å². The summed E-state index contributed by atoms with van der Waals surface area (Å²) in [6.45, 7) is 1.39. The van der Waals surface area contributed by atoms with E-state index in [-0.39, 0.29) is 11.7 Å². The number of carbonyl (C=O) groups excluding carboxylic acids is 1. The number of hydrogen-bond donors (Lipinski definition) is 0. The van der Waals surface area contributed by atoms with Crippen LogP contribution in [0.4, 0.5) is 22.0 Å². The predicted octanol–water partition coefficient (Wildman–Crippen LogP) is 5.02. The second kappa shape index (κ2) is 7.48. The van der Waals surface area contributed by atoms with Crippen molar-refractivity contribution in [2.24, 2.45) is 0 Å². The number of rotatable bonds is 4. The fourth-order valence-electron chi connectivity index (χ4n) is 2.86. The van der Waals surface area contributed by atoms with E-state index in [9.17, 15) is 26.7 Å². The molecule has 30 heavy (non-hydrogen) atoms. The highest BCUT2D eigenvalue weighted by atomic mass is 32.1. The maximum absolute atomic E-state index is 14.6. The molecule has 0 aliphatic rings. The van der Waals surface area contributed by atoms with Gasteiger partial charge in [-0.25, -0.2) is 36.7 Å². The minimum Gasteiger partial charge on any atom is -0.461 e. The second-order valence-electron chi connectivity index (χ2n) is 5.94. The van der Waals surface area contributed by atoms with Gasteiger partial charge in [0.25, 0.3) is 0 Å². The molecule has 0 saturated heterocycles. The number of halogens is 5. The molecule has 154 valence electrons. The Kier molecular flexibility index (Phi) is 4.98. The maximum atomic E-state index is 14.6. The van der Waals surface area contributed by atoms with Crippen molar-refractivity contribution in [3.05, 3.63) is 65.4 Å². The minimum atomic E-state index is -2.31. The predicted molar refractivity (Wildman–Crippen MR) is 97.9 cm³/mol. The number of nitrogens with zero attached hydrogens (tertiary/aromatic N) is 3. The van der Waals surface area contributed by atoms with Gasteiger partial charge in [0.05, 0.1) is 28.1 Å². The molecule has 0 atom stereocenters. The molecule has 0 unspecified atom stereocenters. The van der Waals surface area contributed by atoms with E-state index in [4.69, 9.17) is 4.74 Å². The normalized spacial score (nSPS) is 11.3. The van der Waals surface area contributed by atoms with E-state index in [1.54, 1.807) is 24.3 Å².